The number of esters is 3. The minimum absolute atomic E-state index is 0.102. The molecule has 0 aliphatic rings. The first-order chi connectivity index (χ1) is 40.0. The van der Waals surface area contributed by atoms with Crippen LogP contribution in [0.4, 0.5) is 0 Å². The second-order valence-electron chi connectivity index (χ2n) is 21.3. The molecule has 6 nitrogen and oxygen atoms in total. The number of hydrogen-bond donors (Lipinski definition) is 0. The lowest BCUT2D eigenvalue weighted by Gasteiger charge is -2.18. The number of rotatable bonds is 58. The summed E-state index contributed by atoms with van der Waals surface area (Å²) in [5.74, 6) is -0.947. The van der Waals surface area contributed by atoms with Crippen LogP contribution >= 0.6 is 0 Å². The summed E-state index contributed by atoms with van der Waals surface area (Å²) in [6, 6.07) is 0. The third-order valence-electron chi connectivity index (χ3n) is 13.5. The van der Waals surface area contributed by atoms with Crippen molar-refractivity contribution in [2.45, 2.75) is 284 Å². The monoisotopic (exact) mass is 1120 g/mol. The molecule has 1 unspecified atom stereocenters. The molecule has 0 heterocycles. The second-order valence-corrected chi connectivity index (χ2v) is 21.3. The highest BCUT2D eigenvalue weighted by molar-refractivity contribution is 5.71. The van der Waals surface area contributed by atoms with Crippen LogP contribution in [-0.2, 0) is 28.6 Å². The molecule has 0 aliphatic carbocycles. The Hall–Kier alpha value is -4.97. The van der Waals surface area contributed by atoms with Crippen LogP contribution in [0, 0.1) is 0 Å². The lowest BCUT2D eigenvalue weighted by atomic mass is 10.1. The molecule has 456 valence electrons. The van der Waals surface area contributed by atoms with Gasteiger partial charge >= 0.3 is 17.9 Å². The minimum Gasteiger partial charge on any atom is -0.462 e. The van der Waals surface area contributed by atoms with Gasteiger partial charge in [-0.2, -0.15) is 0 Å². The number of carbonyl (C=O) groups is 3. The Bertz CT molecular complexity index is 1810. The summed E-state index contributed by atoms with van der Waals surface area (Å²) < 4.78 is 16.9. The summed E-state index contributed by atoms with van der Waals surface area (Å²) in [6.45, 7) is 6.35. The maximum Gasteiger partial charge on any atom is 0.306 e. The van der Waals surface area contributed by atoms with E-state index < -0.39 is 6.10 Å². The Morgan fingerprint density at radius 2 is 0.481 bits per heavy atom. The third kappa shape index (κ3) is 65.7. The SMILES string of the molecule is CC/C=C\C/C=C\C/C=C\C/C=C\C/C=C\C/C=C\CCCCCCCCCCC(=O)OCC(COC(=O)CCCCCC/C=C\C/C=C\C/C=C\C/C=C\CC)OC(=O)CCCCCCCC/C=C\C/C=C\C/C=C\CCCCC. The molecule has 81 heavy (non-hydrogen) atoms. The quantitative estimate of drug-likeness (QED) is 0.0261. The standard InChI is InChI=1S/C75H120O6/c1-4-7-10-13-16-19-22-25-28-31-33-34-35-36-37-38-39-40-42-44-47-50-53-56-59-62-65-68-74(77)80-71-72(70-79-73(76)67-64-61-58-55-52-49-46-43-30-27-24-21-18-15-12-9-6-3)81-75(78)69-66-63-60-57-54-51-48-45-41-32-29-26-23-20-17-14-11-8-5-2/h7,9-10,12,16-21,25-30,33-34,36-37,39-41,45-46,49,72H,4-6,8,11,13-15,22-24,31-32,35,38,42-44,47-48,50-71H2,1-3H3/b10-7-,12-9-,19-16-,20-17-,21-18-,28-25-,29-26-,30-27-,34-33-,37-36-,40-39-,45-41-,49-46-. The average molecular weight is 1120 g/mol. The van der Waals surface area contributed by atoms with E-state index in [4.69, 9.17) is 14.2 Å². The fourth-order valence-electron chi connectivity index (χ4n) is 8.62. The van der Waals surface area contributed by atoms with Gasteiger partial charge in [-0.3, -0.25) is 14.4 Å². The van der Waals surface area contributed by atoms with Crippen molar-refractivity contribution in [2.24, 2.45) is 0 Å². The molecule has 6 heteroatoms. The van der Waals surface area contributed by atoms with E-state index in [0.29, 0.717) is 19.3 Å². The van der Waals surface area contributed by atoms with Crippen molar-refractivity contribution in [3.63, 3.8) is 0 Å². The summed E-state index contributed by atoms with van der Waals surface area (Å²) in [4.78, 5) is 38.4. The molecule has 0 aromatic rings. The fourth-order valence-corrected chi connectivity index (χ4v) is 8.62. The first-order valence-corrected chi connectivity index (χ1v) is 33.0. The van der Waals surface area contributed by atoms with Gasteiger partial charge < -0.3 is 14.2 Å². The van der Waals surface area contributed by atoms with Crippen LogP contribution in [0.5, 0.6) is 0 Å². The van der Waals surface area contributed by atoms with Crippen LogP contribution < -0.4 is 0 Å². The van der Waals surface area contributed by atoms with Crippen molar-refractivity contribution in [3.8, 4) is 0 Å². The zero-order valence-electron chi connectivity index (χ0n) is 52.2. The number of unbranched alkanes of at least 4 members (excludes halogenated alkanes) is 21. The number of hydrogen-bond acceptors (Lipinski definition) is 6. The first kappa shape index (κ1) is 76.0. The topological polar surface area (TPSA) is 78.9 Å². The van der Waals surface area contributed by atoms with Gasteiger partial charge in [0.25, 0.3) is 0 Å². The Morgan fingerprint density at radius 3 is 0.753 bits per heavy atom. The van der Waals surface area contributed by atoms with E-state index in [1.165, 1.54) is 70.6 Å². The van der Waals surface area contributed by atoms with Crippen LogP contribution in [0.1, 0.15) is 278 Å². The van der Waals surface area contributed by atoms with Gasteiger partial charge in [0.2, 0.25) is 0 Å². The van der Waals surface area contributed by atoms with Gasteiger partial charge in [-0.25, -0.2) is 0 Å². The van der Waals surface area contributed by atoms with Crippen molar-refractivity contribution in [1.82, 2.24) is 0 Å². The smallest absolute Gasteiger partial charge is 0.306 e. The number of allylic oxidation sites excluding steroid dienone is 26. The highest BCUT2D eigenvalue weighted by atomic mass is 16.6. The van der Waals surface area contributed by atoms with Gasteiger partial charge in [-0.1, -0.05) is 269 Å². The molecule has 1 atom stereocenters. The highest BCUT2D eigenvalue weighted by Gasteiger charge is 2.19. The van der Waals surface area contributed by atoms with E-state index in [-0.39, 0.29) is 31.1 Å². The molecule has 0 rings (SSSR count). The van der Waals surface area contributed by atoms with Crippen molar-refractivity contribution in [3.05, 3.63) is 158 Å². The van der Waals surface area contributed by atoms with Gasteiger partial charge in [-0.15, -0.1) is 0 Å². The zero-order chi connectivity index (χ0) is 58.5. The third-order valence-corrected chi connectivity index (χ3v) is 13.5. The van der Waals surface area contributed by atoms with Crippen molar-refractivity contribution >= 4 is 17.9 Å². The Labute approximate surface area is 499 Å². The first-order valence-electron chi connectivity index (χ1n) is 33.0. The molecule has 0 radical (unpaired) electrons. The summed E-state index contributed by atoms with van der Waals surface area (Å²) in [5.41, 5.74) is 0. The Balaban J connectivity index is 4.46. The van der Waals surface area contributed by atoms with E-state index >= 15 is 0 Å². The van der Waals surface area contributed by atoms with Gasteiger partial charge in [0.05, 0.1) is 0 Å². The molecule has 0 aromatic carbocycles. The van der Waals surface area contributed by atoms with E-state index in [1.807, 2.05) is 0 Å². The molecule has 0 saturated heterocycles. The zero-order valence-corrected chi connectivity index (χ0v) is 52.2. The Kier molecular flexibility index (Phi) is 63.4. The highest BCUT2D eigenvalue weighted by Crippen LogP contribution is 2.14. The minimum atomic E-state index is -0.809. The van der Waals surface area contributed by atoms with E-state index in [0.717, 1.165) is 167 Å². The number of ether oxygens (including phenoxy) is 3. The average Bonchev–Trinajstić information content (AvgIpc) is 3.47. The van der Waals surface area contributed by atoms with Crippen molar-refractivity contribution in [2.75, 3.05) is 13.2 Å². The van der Waals surface area contributed by atoms with Crippen LogP contribution in [0.2, 0.25) is 0 Å². The normalized spacial score (nSPS) is 13.2. The molecular weight excluding hydrogens is 997 g/mol. The summed E-state index contributed by atoms with van der Waals surface area (Å²) >= 11 is 0. The molecule has 0 aliphatic heterocycles. The van der Waals surface area contributed by atoms with Crippen molar-refractivity contribution in [1.29, 1.82) is 0 Å². The predicted molar refractivity (Wildman–Crippen MR) is 352 cm³/mol. The molecule has 0 bridgehead atoms. The van der Waals surface area contributed by atoms with Crippen LogP contribution in [0.25, 0.3) is 0 Å². The molecule has 0 aromatic heterocycles. The summed E-state index contributed by atoms with van der Waals surface area (Å²) in [5, 5.41) is 0. The van der Waals surface area contributed by atoms with Crippen molar-refractivity contribution < 1.29 is 28.6 Å². The maximum absolute atomic E-state index is 12.9. The molecular formula is C75H120O6. The predicted octanol–water partition coefficient (Wildman–Crippen LogP) is 22.9. The van der Waals surface area contributed by atoms with E-state index in [1.54, 1.807) is 0 Å². The maximum atomic E-state index is 12.9. The molecule has 0 amide bonds. The lowest BCUT2D eigenvalue weighted by Crippen LogP contribution is -2.30. The van der Waals surface area contributed by atoms with Gasteiger partial charge in [0.1, 0.15) is 13.2 Å². The van der Waals surface area contributed by atoms with Crippen LogP contribution in [-0.4, -0.2) is 37.2 Å². The molecule has 0 saturated carbocycles. The van der Waals surface area contributed by atoms with Gasteiger partial charge in [-0.05, 0) is 148 Å². The van der Waals surface area contributed by atoms with E-state index in [9.17, 15) is 14.4 Å². The molecule has 0 spiro atoms. The number of carbonyl (C=O) groups excluding carboxylic acids is 3. The second kappa shape index (κ2) is 67.5. The largest absolute Gasteiger partial charge is 0.462 e. The Morgan fingerprint density at radius 1 is 0.259 bits per heavy atom. The van der Waals surface area contributed by atoms with Gasteiger partial charge in [0, 0.05) is 19.3 Å². The van der Waals surface area contributed by atoms with Crippen LogP contribution in [0.3, 0.4) is 0 Å². The van der Waals surface area contributed by atoms with E-state index in [2.05, 4.69) is 179 Å². The fraction of sp³-hybridized carbons (Fsp3) is 0.613. The van der Waals surface area contributed by atoms with Crippen LogP contribution in [0.15, 0.2) is 158 Å². The molecule has 0 fully saturated rings. The lowest BCUT2D eigenvalue weighted by molar-refractivity contribution is -0.167. The summed E-state index contributed by atoms with van der Waals surface area (Å²) in [7, 11) is 0. The summed E-state index contributed by atoms with van der Waals surface area (Å²) in [6.07, 6.45) is 98.1. The molecule has 0 N–H and O–H groups in total. The van der Waals surface area contributed by atoms with Gasteiger partial charge in [0.15, 0.2) is 6.10 Å².